The molecule has 0 spiro atoms. The predicted molar refractivity (Wildman–Crippen MR) is 94.8 cm³/mol. The molecule has 2 heterocycles. The molecule has 0 aliphatic carbocycles. The number of hydrogen-bond donors (Lipinski definition) is 2. The molecule has 2 N–H and O–H groups in total. The Balaban J connectivity index is 1.69. The molecule has 2 aromatic heterocycles. The third-order valence-corrected chi connectivity index (χ3v) is 3.99. The van der Waals surface area contributed by atoms with Crippen molar-refractivity contribution in [1.82, 2.24) is 20.3 Å². The molecule has 24 heavy (non-hydrogen) atoms. The molecular weight excluding hydrogens is 302 g/mol. The van der Waals surface area contributed by atoms with Crippen molar-refractivity contribution in [2.24, 2.45) is 0 Å². The topological polar surface area (TPSA) is 73.9 Å². The lowest BCUT2D eigenvalue weighted by Crippen LogP contribution is -2.35. The first kappa shape index (κ1) is 16.0. The van der Waals surface area contributed by atoms with Gasteiger partial charge in [-0.15, -0.1) is 0 Å². The highest BCUT2D eigenvalue weighted by Gasteiger charge is 2.15. The normalized spacial score (nSPS) is 10.8. The summed E-state index contributed by atoms with van der Waals surface area (Å²) in [5, 5.41) is 3.92. The van der Waals surface area contributed by atoms with Crippen molar-refractivity contribution in [3.63, 3.8) is 0 Å². The Labute approximate surface area is 140 Å². The van der Waals surface area contributed by atoms with Gasteiger partial charge in [0.15, 0.2) is 0 Å². The summed E-state index contributed by atoms with van der Waals surface area (Å²) in [6.07, 6.45) is 4.35. The monoisotopic (exact) mass is 323 g/mol. The summed E-state index contributed by atoms with van der Waals surface area (Å²) in [4.78, 5) is 25.9. The SMILES string of the molecule is CCc1c[nH]c2ncnc(N(C)CC(=O)NCc3ccccc3)c12. The van der Waals surface area contributed by atoms with Crippen LogP contribution in [0.3, 0.4) is 0 Å². The van der Waals surface area contributed by atoms with E-state index in [2.05, 4.69) is 27.2 Å². The van der Waals surface area contributed by atoms with E-state index in [0.29, 0.717) is 6.54 Å². The van der Waals surface area contributed by atoms with Crippen LogP contribution in [0, 0.1) is 0 Å². The molecule has 0 saturated carbocycles. The molecule has 0 unspecified atom stereocenters. The predicted octanol–water partition coefficient (Wildman–Crippen LogP) is 2.27. The first-order valence-electron chi connectivity index (χ1n) is 8.01. The van der Waals surface area contributed by atoms with Gasteiger partial charge in [-0.3, -0.25) is 4.79 Å². The summed E-state index contributed by atoms with van der Waals surface area (Å²) in [5.74, 6) is 0.731. The molecule has 6 nitrogen and oxygen atoms in total. The van der Waals surface area contributed by atoms with E-state index in [1.54, 1.807) is 0 Å². The van der Waals surface area contributed by atoms with Gasteiger partial charge < -0.3 is 15.2 Å². The Bertz CT molecular complexity index is 828. The second-order valence-corrected chi connectivity index (χ2v) is 5.71. The van der Waals surface area contributed by atoms with E-state index >= 15 is 0 Å². The number of nitrogens with zero attached hydrogens (tertiary/aromatic N) is 3. The molecule has 1 amide bonds. The van der Waals surface area contributed by atoms with E-state index in [4.69, 9.17) is 0 Å². The maximum atomic E-state index is 12.2. The first-order valence-corrected chi connectivity index (χ1v) is 8.01. The molecular formula is C18H21N5O. The molecule has 6 heteroatoms. The zero-order valence-corrected chi connectivity index (χ0v) is 13.9. The van der Waals surface area contributed by atoms with E-state index in [9.17, 15) is 4.79 Å². The number of benzene rings is 1. The van der Waals surface area contributed by atoms with Gasteiger partial charge in [0.2, 0.25) is 5.91 Å². The highest BCUT2D eigenvalue weighted by Crippen LogP contribution is 2.25. The fourth-order valence-electron chi connectivity index (χ4n) is 2.72. The summed E-state index contributed by atoms with van der Waals surface area (Å²) < 4.78 is 0. The molecule has 0 atom stereocenters. The van der Waals surface area contributed by atoms with Crippen molar-refractivity contribution in [3.8, 4) is 0 Å². The van der Waals surface area contributed by atoms with Gasteiger partial charge in [0.05, 0.1) is 11.9 Å². The van der Waals surface area contributed by atoms with Crippen molar-refractivity contribution in [2.45, 2.75) is 19.9 Å². The van der Waals surface area contributed by atoms with E-state index in [0.717, 1.165) is 34.4 Å². The van der Waals surface area contributed by atoms with Gasteiger partial charge in [-0.1, -0.05) is 37.3 Å². The highest BCUT2D eigenvalue weighted by atomic mass is 16.2. The average molecular weight is 323 g/mol. The fraction of sp³-hybridized carbons (Fsp3) is 0.278. The van der Waals surface area contributed by atoms with Gasteiger partial charge in [0, 0.05) is 19.8 Å². The van der Waals surface area contributed by atoms with Crippen molar-refractivity contribution in [1.29, 1.82) is 0 Å². The van der Waals surface area contributed by atoms with Gasteiger partial charge in [-0.05, 0) is 17.5 Å². The van der Waals surface area contributed by atoms with Crippen LogP contribution in [-0.2, 0) is 17.8 Å². The van der Waals surface area contributed by atoms with Gasteiger partial charge in [-0.2, -0.15) is 0 Å². The first-order chi connectivity index (χ1) is 11.7. The number of aryl methyl sites for hydroxylation is 1. The molecule has 3 aromatic rings. The highest BCUT2D eigenvalue weighted by molar-refractivity contribution is 5.92. The summed E-state index contributed by atoms with van der Waals surface area (Å²) in [7, 11) is 1.87. The largest absolute Gasteiger partial charge is 0.350 e. The van der Waals surface area contributed by atoms with Crippen LogP contribution in [0.4, 0.5) is 5.82 Å². The van der Waals surface area contributed by atoms with Crippen LogP contribution < -0.4 is 10.2 Å². The number of likely N-dealkylation sites (N-methyl/N-ethyl adjacent to an activating group) is 1. The third-order valence-electron chi connectivity index (χ3n) is 3.99. The van der Waals surface area contributed by atoms with Crippen molar-refractivity contribution in [2.75, 3.05) is 18.5 Å². The van der Waals surface area contributed by atoms with Crippen LogP contribution in [0.1, 0.15) is 18.1 Å². The average Bonchev–Trinajstić information content (AvgIpc) is 3.04. The van der Waals surface area contributed by atoms with Gasteiger partial charge >= 0.3 is 0 Å². The van der Waals surface area contributed by atoms with Crippen LogP contribution in [0.2, 0.25) is 0 Å². The molecule has 0 fully saturated rings. The Morgan fingerprint density at radius 1 is 1.25 bits per heavy atom. The minimum atomic E-state index is -0.0401. The zero-order valence-electron chi connectivity index (χ0n) is 13.9. The number of amides is 1. The smallest absolute Gasteiger partial charge is 0.239 e. The van der Waals surface area contributed by atoms with Crippen molar-refractivity contribution >= 4 is 22.8 Å². The quantitative estimate of drug-likeness (QED) is 0.730. The molecule has 0 aliphatic heterocycles. The number of rotatable bonds is 6. The van der Waals surface area contributed by atoms with E-state index in [1.165, 1.54) is 6.33 Å². The lowest BCUT2D eigenvalue weighted by molar-refractivity contribution is -0.119. The number of hydrogen-bond acceptors (Lipinski definition) is 4. The third kappa shape index (κ3) is 3.37. The van der Waals surface area contributed by atoms with Crippen LogP contribution in [-0.4, -0.2) is 34.5 Å². The number of aromatic amines is 1. The minimum absolute atomic E-state index is 0.0401. The molecule has 3 rings (SSSR count). The number of aromatic nitrogens is 3. The van der Waals surface area contributed by atoms with Gasteiger partial charge in [0.25, 0.3) is 0 Å². The van der Waals surface area contributed by atoms with Crippen LogP contribution in [0.25, 0.3) is 11.0 Å². The maximum Gasteiger partial charge on any atom is 0.239 e. The van der Waals surface area contributed by atoms with Crippen LogP contribution in [0.5, 0.6) is 0 Å². The van der Waals surface area contributed by atoms with Gasteiger partial charge in [0.1, 0.15) is 17.8 Å². The lowest BCUT2D eigenvalue weighted by atomic mass is 10.2. The minimum Gasteiger partial charge on any atom is -0.350 e. The van der Waals surface area contributed by atoms with E-state index in [-0.39, 0.29) is 12.5 Å². The summed E-state index contributed by atoms with van der Waals surface area (Å²) in [5.41, 5.74) is 3.03. The number of carbonyl (C=O) groups excluding carboxylic acids is 1. The fourth-order valence-corrected chi connectivity index (χ4v) is 2.72. The van der Waals surface area contributed by atoms with Gasteiger partial charge in [-0.25, -0.2) is 9.97 Å². The number of anilines is 1. The molecule has 1 aromatic carbocycles. The lowest BCUT2D eigenvalue weighted by Gasteiger charge is -2.19. The van der Waals surface area contributed by atoms with Crippen molar-refractivity contribution < 1.29 is 4.79 Å². The zero-order chi connectivity index (χ0) is 16.9. The number of fused-ring (bicyclic) bond motifs is 1. The molecule has 124 valence electrons. The summed E-state index contributed by atoms with van der Waals surface area (Å²) >= 11 is 0. The van der Waals surface area contributed by atoms with E-state index < -0.39 is 0 Å². The summed E-state index contributed by atoms with van der Waals surface area (Å²) in [6.45, 7) is 2.86. The molecule has 0 radical (unpaired) electrons. The molecule has 0 aliphatic rings. The number of H-pyrrole nitrogens is 1. The standard InChI is InChI=1S/C18H21N5O/c1-3-14-10-20-17-16(14)18(22-12-21-17)23(2)11-15(24)19-9-13-7-5-4-6-8-13/h4-8,10,12H,3,9,11H2,1-2H3,(H,19,24)(H,20,21,22). The number of carbonyl (C=O) groups is 1. The Morgan fingerprint density at radius 3 is 2.79 bits per heavy atom. The molecule has 0 saturated heterocycles. The number of nitrogens with one attached hydrogen (secondary N) is 2. The molecule has 0 bridgehead atoms. The van der Waals surface area contributed by atoms with Crippen LogP contribution >= 0.6 is 0 Å². The van der Waals surface area contributed by atoms with E-state index in [1.807, 2.05) is 48.5 Å². The van der Waals surface area contributed by atoms with Crippen molar-refractivity contribution in [3.05, 3.63) is 54.0 Å². The second kappa shape index (κ2) is 7.12. The summed E-state index contributed by atoms with van der Waals surface area (Å²) in [6, 6.07) is 9.87. The second-order valence-electron chi connectivity index (χ2n) is 5.71. The Morgan fingerprint density at radius 2 is 2.04 bits per heavy atom. The Hall–Kier alpha value is -2.89. The van der Waals surface area contributed by atoms with Crippen LogP contribution in [0.15, 0.2) is 42.9 Å². The Kier molecular flexibility index (Phi) is 4.74. The maximum absolute atomic E-state index is 12.2.